The zero-order valence-corrected chi connectivity index (χ0v) is 14.9. The molecule has 0 saturated carbocycles. The fraction of sp³-hybridized carbons (Fsp3) is 0.533. The molecule has 0 spiro atoms. The van der Waals surface area contributed by atoms with E-state index in [4.69, 9.17) is 10.8 Å². The van der Waals surface area contributed by atoms with Crippen LogP contribution in [0, 0.1) is 0 Å². The van der Waals surface area contributed by atoms with Crippen LogP contribution >= 0.6 is 0 Å². The number of hydrogen-bond donors (Lipinski definition) is 7. The number of nitrogens with two attached hydrogens (primary N) is 1. The summed E-state index contributed by atoms with van der Waals surface area (Å²) in [6.07, 6.45) is 1.65. The molecule has 12 heteroatoms. The first-order chi connectivity index (χ1) is 12.6. The Bertz CT molecular complexity index is 660. The molecule has 1 rings (SSSR count). The number of carboxylic acid groups (broad SMARTS) is 1. The maximum absolute atomic E-state index is 12.3. The van der Waals surface area contributed by atoms with E-state index in [-0.39, 0.29) is 6.42 Å². The second-order valence-electron chi connectivity index (χ2n) is 5.97. The molecule has 27 heavy (non-hydrogen) atoms. The minimum absolute atomic E-state index is 0.0807. The number of nitrogens with zero attached hydrogens (tertiary/aromatic N) is 1. The number of hydrogen-bond acceptors (Lipinski definition) is 7. The largest absolute Gasteiger partial charge is 0.480 e. The van der Waals surface area contributed by atoms with Gasteiger partial charge in [-0.2, -0.15) is 0 Å². The molecule has 150 valence electrons. The van der Waals surface area contributed by atoms with E-state index in [2.05, 4.69) is 25.9 Å². The summed E-state index contributed by atoms with van der Waals surface area (Å²) in [6.45, 7) is 2.13. The van der Waals surface area contributed by atoms with Gasteiger partial charge in [0.25, 0.3) is 0 Å². The highest BCUT2D eigenvalue weighted by molar-refractivity contribution is 5.92. The lowest BCUT2D eigenvalue weighted by Gasteiger charge is -2.20. The Labute approximate surface area is 154 Å². The minimum Gasteiger partial charge on any atom is -0.480 e. The van der Waals surface area contributed by atoms with Crippen LogP contribution in [0.5, 0.6) is 0 Å². The fourth-order valence-electron chi connectivity index (χ4n) is 2.03. The lowest BCUT2D eigenvalue weighted by molar-refractivity contribution is -0.144. The average molecular weight is 384 g/mol. The van der Waals surface area contributed by atoms with Gasteiger partial charge in [-0.1, -0.05) is 0 Å². The summed E-state index contributed by atoms with van der Waals surface area (Å²) in [6, 6.07) is -3.37. The van der Waals surface area contributed by atoms with Gasteiger partial charge >= 0.3 is 5.97 Å². The zero-order chi connectivity index (χ0) is 20.6. The van der Waals surface area contributed by atoms with Gasteiger partial charge in [-0.15, -0.1) is 0 Å². The van der Waals surface area contributed by atoms with E-state index < -0.39 is 54.5 Å². The predicted octanol–water partition coefficient (Wildman–Crippen LogP) is -3.15. The van der Waals surface area contributed by atoms with E-state index in [1.54, 1.807) is 0 Å². The quantitative estimate of drug-likeness (QED) is 0.219. The van der Waals surface area contributed by atoms with Crippen LogP contribution in [0.3, 0.4) is 0 Å². The van der Waals surface area contributed by atoms with Crippen LogP contribution in [0.15, 0.2) is 12.5 Å². The van der Waals surface area contributed by atoms with Gasteiger partial charge in [0.15, 0.2) is 6.04 Å². The van der Waals surface area contributed by atoms with E-state index in [1.807, 2.05) is 0 Å². The summed E-state index contributed by atoms with van der Waals surface area (Å²) in [7, 11) is 0. The number of rotatable bonds is 10. The summed E-state index contributed by atoms with van der Waals surface area (Å²) >= 11 is 0. The number of aromatic nitrogens is 2. The highest BCUT2D eigenvalue weighted by Crippen LogP contribution is 2.00. The summed E-state index contributed by atoms with van der Waals surface area (Å²) in [5.41, 5.74) is 6.06. The highest BCUT2D eigenvalue weighted by Gasteiger charge is 2.26. The molecule has 0 fully saturated rings. The number of imidazole rings is 1. The van der Waals surface area contributed by atoms with Crippen LogP contribution < -0.4 is 21.7 Å². The van der Waals surface area contributed by atoms with Gasteiger partial charge < -0.3 is 36.9 Å². The molecule has 0 radical (unpaired) electrons. The molecular formula is C15H24N6O6. The number of aromatic amines is 1. The van der Waals surface area contributed by atoms with Gasteiger partial charge in [0.2, 0.25) is 17.7 Å². The van der Waals surface area contributed by atoms with E-state index in [0.29, 0.717) is 5.69 Å². The van der Waals surface area contributed by atoms with Gasteiger partial charge in [0.05, 0.1) is 25.0 Å². The Morgan fingerprint density at radius 1 is 1.22 bits per heavy atom. The van der Waals surface area contributed by atoms with Crippen molar-refractivity contribution in [3.05, 3.63) is 18.2 Å². The number of aliphatic carboxylic acids is 1. The molecule has 0 aliphatic heterocycles. The third-order valence-corrected chi connectivity index (χ3v) is 3.51. The number of H-pyrrole nitrogens is 1. The van der Waals surface area contributed by atoms with Crippen molar-refractivity contribution >= 4 is 23.7 Å². The van der Waals surface area contributed by atoms with Crippen LogP contribution in [0.25, 0.3) is 0 Å². The molecule has 4 unspecified atom stereocenters. The normalized spacial score (nSPS) is 15.1. The van der Waals surface area contributed by atoms with Crippen molar-refractivity contribution in [3.8, 4) is 0 Å². The predicted molar refractivity (Wildman–Crippen MR) is 92.1 cm³/mol. The van der Waals surface area contributed by atoms with Crippen molar-refractivity contribution in [2.45, 2.75) is 44.5 Å². The number of aliphatic hydroxyl groups is 1. The number of carboxylic acids is 1. The minimum atomic E-state index is -1.51. The van der Waals surface area contributed by atoms with Gasteiger partial charge in [-0.3, -0.25) is 14.4 Å². The SMILES string of the molecule is CC(N)C(=O)NC(Cc1cnc[nH]1)C(=O)NCC(=O)NC(C(=O)O)C(C)O. The first-order valence-electron chi connectivity index (χ1n) is 8.13. The van der Waals surface area contributed by atoms with Crippen molar-refractivity contribution < 1.29 is 29.4 Å². The summed E-state index contributed by atoms with van der Waals surface area (Å²) in [5, 5.41) is 25.1. The smallest absolute Gasteiger partial charge is 0.328 e. The Kier molecular flexibility index (Phi) is 8.35. The Balaban J connectivity index is 2.68. The van der Waals surface area contributed by atoms with Crippen LogP contribution in [0.4, 0.5) is 0 Å². The second-order valence-corrected chi connectivity index (χ2v) is 5.97. The standard InChI is InChI=1S/C15H24N6O6/c1-7(16)13(24)20-10(3-9-4-17-6-19-9)14(25)18-5-11(23)21-12(8(2)22)15(26)27/h4,6-8,10,12,22H,3,5,16H2,1-2H3,(H,17,19)(H,18,25)(H,20,24)(H,21,23)(H,26,27). The number of nitrogens with one attached hydrogen (secondary N) is 4. The Morgan fingerprint density at radius 2 is 1.89 bits per heavy atom. The fourth-order valence-corrected chi connectivity index (χ4v) is 2.03. The number of amides is 3. The summed E-state index contributed by atoms with van der Waals surface area (Å²) in [4.78, 5) is 53.5. The molecule has 4 atom stereocenters. The molecule has 1 aromatic rings. The molecule has 0 aromatic carbocycles. The van der Waals surface area contributed by atoms with Crippen molar-refractivity contribution in [1.82, 2.24) is 25.9 Å². The maximum atomic E-state index is 12.3. The third-order valence-electron chi connectivity index (χ3n) is 3.51. The second kappa shape index (κ2) is 10.2. The molecule has 3 amide bonds. The lowest BCUT2D eigenvalue weighted by atomic mass is 10.1. The van der Waals surface area contributed by atoms with E-state index in [9.17, 15) is 24.3 Å². The third kappa shape index (κ3) is 7.42. The monoisotopic (exact) mass is 384 g/mol. The van der Waals surface area contributed by atoms with E-state index >= 15 is 0 Å². The Morgan fingerprint density at radius 3 is 2.37 bits per heavy atom. The average Bonchev–Trinajstić information content (AvgIpc) is 3.09. The van der Waals surface area contributed by atoms with E-state index in [1.165, 1.54) is 26.4 Å². The lowest BCUT2D eigenvalue weighted by Crippen LogP contribution is -2.54. The summed E-state index contributed by atoms with van der Waals surface area (Å²) < 4.78 is 0. The van der Waals surface area contributed by atoms with Crippen molar-refractivity contribution in [2.75, 3.05) is 6.54 Å². The van der Waals surface area contributed by atoms with Crippen molar-refractivity contribution in [1.29, 1.82) is 0 Å². The molecule has 0 aliphatic carbocycles. The molecular weight excluding hydrogens is 360 g/mol. The molecule has 0 bridgehead atoms. The van der Waals surface area contributed by atoms with Crippen molar-refractivity contribution in [2.24, 2.45) is 5.73 Å². The molecule has 8 N–H and O–H groups in total. The zero-order valence-electron chi connectivity index (χ0n) is 14.9. The van der Waals surface area contributed by atoms with Gasteiger partial charge in [0, 0.05) is 18.3 Å². The molecule has 1 aromatic heterocycles. The number of carbonyl (C=O) groups excluding carboxylic acids is 3. The van der Waals surface area contributed by atoms with Crippen LogP contribution in [-0.2, 0) is 25.6 Å². The number of carbonyl (C=O) groups is 4. The molecule has 1 heterocycles. The molecule has 0 saturated heterocycles. The topological polar surface area (TPSA) is 200 Å². The maximum Gasteiger partial charge on any atom is 0.328 e. The van der Waals surface area contributed by atoms with E-state index in [0.717, 1.165) is 0 Å². The van der Waals surface area contributed by atoms with Crippen LogP contribution in [0.2, 0.25) is 0 Å². The van der Waals surface area contributed by atoms with Crippen LogP contribution in [0.1, 0.15) is 19.5 Å². The highest BCUT2D eigenvalue weighted by atomic mass is 16.4. The number of aliphatic hydroxyl groups excluding tert-OH is 1. The van der Waals surface area contributed by atoms with Gasteiger partial charge in [-0.05, 0) is 13.8 Å². The van der Waals surface area contributed by atoms with Gasteiger partial charge in [-0.25, -0.2) is 9.78 Å². The van der Waals surface area contributed by atoms with Crippen LogP contribution in [-0.4, -0.2) is 74.6 Å². The first-order valence-corrected chi connectivity index (χ1v) is 8.13. The first kappa shape index (κ1) is 22.1. The van der Waals surface area contributed by atoms with Crippen molar-refractivity contribution in [3.63, 3.8) is 0 Å². The Hall–Kier alpha value is -2.99. The summed E-state index contributed by atoms with van der Waals surface area (Å²) in [5.74, 6) is -3.45. The molecule has 0 aliphatic rings. The molecule has 12 nitrogen and oxygen atoms in total. The van der Waals surface area contributed by atoms with Gasteiger partial charge in [0.1, 0.15) is 6.04 Å².